The van der Waals surface area contributed by atoms with Crippen molar-refractivity contribution >= 4 is 12.1 Å². The van der Waals surface area contributed by atoms with Crippen molar-refractivity contribution in [3.63, 3.8) is 0 Å². The van der Waals surface area contributed by atoms with E-state index in [2.05, 4.69) is 0 Å². The van der Waals surface area contributed by atoms with E-state index in [0.29, 0.717) is 5.56 Å². The molecule has 1 aromatic rings. The Morgan fingerprint density at radius 2 is 1.70 bits per heavy atom. The third kappa shape index (κ3) is 4.98. The Morgan fingerprint density at radius 1 is 1.10 bits per heavy atom. The molecule has 0 radical (unpaired) electrons. The van der Waals surface area contributed by atoms with E-state index >= 15 is 0 Å². The van der Waals surface area contributed by atoms with Gasteiger partial charge in [-0.05, 0) is 24.3 Å². The van der Waals surface area contributed by atoms with E-state index < -0.39 is 18.4 Å². The summed E-state index contributed by atoms with van der Waals surface area (Å²) in [6, 6.07) is 7.88. The molecule has 1 atom stereocenters. The lowest BCUT2D eigenvalue weighted by molar-refractivity contribution is -0.170. The van der Waals surface area contributed by atoms with Gasteiger partial charge in [-0.3, -0.25) is 4.79 Å². The summed E-state index contributed by atoms with van der Waals surface area (Å²) in [7, 11) is 0. The molecular formula is C14H15NO5. The molecule has 0 heterocycles. The molecule has 0 aromatic heterocycles. The van der Waals surface area contributed by atoms with Crippen molar-refractivity contribution in [2.24, 2.45) is 5.92 Å². The third-order valence-corrected chi connectivity index (χ3v) is 2.20. The maximum atomic E-state index is 11.4. The lowest BCUT2D eigenvalue weighted by Gasteiger charge is -2.15. The van der Waals surface area contributed by atoms with Crippen LogP contribution in [-0.4, -0.2) is 18.4 Å². The van der Waals surface area contributed by atoms with E-state index in [0.717, 1.165) is 0 Å². The van der Waals surface area contributed by atoms with Gasteiger partial charge in [0, 0.05) is 6.92 Å². The van der Waals surface area contributed by atoms with E-state index in [-0.39, 0.29) is 11.7 Å². The van der Waals surface area contributed by atoms with Crippen LogP contribution in [0.3, 0.4) is 0 Å². The van der Waals surface area contributed by atoms with Gasteiger partial charge in [-0.15, -0.1) is 0 Å². The molecule has 0 aliphatic carbocycles. The molecule has 6 nitrogen and oxygen atoms in total. The average molecular weight is 277 g/mol. The molecule has 0 amide bonds. The second-order valence-electron chi connectivity index (χ2n) is 4.27. The molecule has 0 bridgehead atoms. The summed E-state index contributed by atoms with van der Waals surface area (Å²) in [5, 5.41) is 8.63. The molecule has 1 rings (SSSR count). The minimum atomic E-state index is -1.03. The van der Waals surface area contributed by atoms with Gasteiger partial charge < -0.3 is 14.2 Å². The van der Waals surface area contributed by atoms with Crippen molar-refractivity contribution < 1.29 is 23.8 Å². The lowest BCUT2D eigenvalue weighted by Crippen LogP contribution is -2.25. The molecule has 0 saturated carbocycles. The summed E-state index contributed by atoms with van der Waals surface area (Å²) in [4.78, 5) is 22.7. The third-order valence-electron chi connectivity index (χ3n) is 2.20. The molecule has 0 unspecified atom stereocenters. The maximum absolute atomic E-state index is 11.4. The SMILES string of the molecule is CC(C)C(=O)O[C@@H](C)OC(=O)Oc1ccc(C#N)cc1. The highest BCUT2D eigenvalue weighted by atomic mass is 16.8. The zero-order chi connectivity index (χ0) is 15.1. The van der Waals surface area contributed by atoms with Gasteiger partial charge >= 0.3 is 12.1 Å². The molecule has 20 heavy (non-hydrogen) atoms. The summed E-state index contributed by atoms with van der Waals surface area (Å²) in [6.45, 7) is 4.76. The number of rotatable bonds is 4. The molecule has 0 aliphatic rings. The Balaban J connectivity index is 2.46. The van der Waals surface area contributed by atoms with Gasteiger partial charge in [0.25, 0.3) is 0 Å². The number of benzene rings is 1. The fourth-order valence-electron chi connectivity index (χ4n) is 1.18. The summed E-state index contributed by atoms with van der Waals surface area (Å²) in [6.07, 6.45) is -2.02. The molecule has 0 fully saturated rings. The maximum Gasteiger partial charge on any atom is 0.516 e. The minimum Gasteiger partial charge on any atom is -0.425 e. The number of hydrogen-bond donors (Lipinski definition) is 0. The number of nitriles is 1. The summed E-state index contributed by atoms with van der Waals surface area (Å²) in [5.41, 5.74) is 0.449. The first-order chi connectivity index (χ1) is 9.42. The Kier molecular flexibility index (Phi) is 5.54. The summed E-state index contributed by atoms with van der Waals surface area (Å²) in [5.74, 6) is -0.546. The van der Waals surface area contributed by atoms with Crippen LogP contribution in [0.5, 0.6) is 5.75 Å². The number of carbonyl (C=O) groups excluding carboxylic acids is 2. The van der Waals surface area contributed by atoms with Crippen LogP contribution in [0.25, 0.3) is 0 Å². The minimum absolute atomic E-state index is 0.233. The molecule has 0 spiro atoms. The monoisotopic (exact) mass is 277 g/mol. The van der Waals surface area contributed by atoms with Crippen LogP contribution in [0.2, 0.25) is 0 Å². The fourth-order valence-corrected chi connectivity index (χ4v) is 1.18. The van der Waals surface area contributed by atoms with Crippen molar-refractivity contribution in [1.82, 2.24) is 0 Å². The summed E-state index contributed by atoms with van der Waals surface area (Å²) < 4.78 is 14.5. The van der Waals surface area contributed by atoms with Crippen LogP contribution < -0.4 is 4.74 Å². The molecule has 0 aliphatic heterocycles. The number of nitrogens with zero attached hydrogens (tertiary/aromatic N) is 1. The predicted octanol–water partition coefficient (Wildman–Crippen LogP) is 2.62. The van der Waals surface area contributed by atoms with E-state index in [1.807, 2.05) is 6.07 Å². The van der Waals surface area contributed by atoms with Crippen LogP contribution in [0.4, 0.5) is 4.79 Å². The van der Waals surface area contributed by atoms with Crippen LogP contribution >= 0.6 is 0 Å². The fraction of sp³-hybridized carbons (Fsp3) is 0.357. The van der Waals surface area contributed by atoms with Gasteiger partial charge in [0.15, 0.2) is 0 Å². The average Bonchev–Trinajstić information content (AvgIpc) is 2.39. The standard InChI is InChI=1S/C14H15NO5/c1-9(2)13(16)18-10(3)19-14(17)20-12-6-4-11(8-15)5-7-12/h4-7,9-10H,1-3H3/t10-/m1/s1. The molecule has 1 aromatic carbocycles. The Labute approximate surface area is 116 Å². The zero-order valence-electron chi connectivity index (χ0n) is 11.5. The highest BCUT2D eigenvalue weighted by molar-refractivity contribution is 5.72. The van der Waals surface area contributed by atoms with Crippen molar-refractivity contribution in [3.8, 4) is 11.8 Å². The van der Waals surface area contributed by atoms with E-state index in [1.54, 1.807) is 13.8 Å². The highest BCUT2D eigenvalue weighted by Gasteiger charge is 2.17. The lowest BCUT2D eigenvalue weighted by atomic mass is 10.2. The van der Waals surface area contributed by atoms with Gasteiger partial charge in [-0.25, -0.2) is 4.79 Å². The van der Waals surface area contributed by atoms with Gasteiger partial charge in [0.2, 0.25) is 6.29 Å². The largest absolute Gasteiger partial charge is 0.516 e. The Morgan fingerprint density at radius 3 is 2.20 bits per heavy atom. The van der Waals surface area contributed by atoms with Crippen molar-refractivity contribution in [2.75, 3.05) is 0 Å². The van der Waals surface area contributed by atoms with Gasteiger partial charge in [-0.1, -0.05) is 13.8 Å². The molecule has 6 heteroatoms. The van der Waals surface area contributed by atoms with Crippen LogP contribution in [0.1, 0.15) is 26.3 Å². The van der Waals surface area contributed by atoms with Crippen molar-refractivity contribution in [2.45, 2.75) is 27.1 Å². The normalized spacial score (nSPS) is 11.3. The molecule has 0 saturated heterocycles. The zero-order valence-corrected chi connectivity index (χ0v) is 11.5. The second-order valence-corrected chi connectivity index (χ2v) is 4.27. The van der Waals surface area contributed by atoms with Crippen LogP contribution in [0, 0.1) is 17.2 Å². The molecule has 106 valence electrons. The van der Waals surface area contributed by atoms with Gasteiger partial charge in [0.1, 0.15) is 5.75 Å². The number of hydrogen-bond acceptors (Lipinski definition) is 6. The first kappa shape index (κ1) is 15.5. The summed E-state index contributed by atoms with van der Waals surface area (Å²) >= 11 is 0. The van der Waals surface area contributed by atoms with Crippen molar-refractivity contribution in [1.29, 1.82) is 5.26 Å². The quantitative estimate of drug-likeness (QED) is 0.477. The van der Waals surface area contributed by atoms with Gasteiger partial charge in [0.05, 0.1) is 17.6 Å². The van der Waals surface area contributed by atoms with Crippen molar-refractivity contribution in [3.05, 3.63) is 29.8 Å². The number of ether oxygens (including phenoxy) is 3. The number of esters is 1. The van der Waals surface area contributed by atoms with E-state index in [9.17, 15) is 9.59 Å². The molecular weight excluding hydrogens is 262 g/mol. The van der Waals surface area contributed by atoms with Gasteiger partial charge in [-0.2, -0.15) is 5.26 Å². The predicted molar refractivity (Wildman–Crippen MR) is 68.7 cm³/mol. The second kappa shape index (κ2) is 7.14. The first-order valence-electron chi connectivity index (χ1n) is 6.01. The molecule has 0 N–H and O–H groups in total. The highest BCUT2D eigenvalue weighted by Crippen LogP contribution is 2.13. The van der Waals surface area contributed by atoms with E-state index in [4.69, 9.17) is 19.5 Å². The smallest absolute Gasteiger partial charge is 0.425 e. The van der Waals surface area contributed by atoms with Crippen LogP contribution in [0.15, 0.2) is 24.3 Å². The van der Waals surface area contributed by atoms with E-state index in [1.165, 1.54) is 31.2 Å². The Bertz CT molecular complexity index is 515. The number of carbonyl (C=O) groups is 2. The van der Waals surface area contributed by atoms with Crippen LogP contribution in [-0.2, 0) is 14.3 Å². The Hall–Kier alpha value is -2.55. The topological polar surface area (TPSA) is 85.6 Å². The first-order valence-corrected chi connectivity index (χ1v) is 6.01.